The van der Waals surface area contributed by atoms with Crippen LogP contribution in [0.25, 0.3) is 11.1 Å². The van der Waals surface area contributed by atoms with Crippen molar-refractivity contribution in [1.82, 2.24) is 4.31 Å². The van der Waals surface area contributed by atoms with Crippen LogP contribution in [0.1, 0.15) is 12.8 Å². The fourth-order valence-corrected chi connectivity index (χ4v) is 5.48. The van der Waals surface area contributed by atoms with Gasteiger partial charge >= 0.3 is 0 Å². The average molecular weight is 455 g/mol. The van der Waals surface area contributed by atoms with E-state index in [1.807, 2.05) is 54.6 Å². The number of rotatable bonds is 5. The number of anilines is 1. The lowest BCUT2D eigenvalue weighted by Crippen LogP contribution is -2.43. The van der Waals surface area contributed by atoms with Gasteiger partial charge in [-0.3, -0.25) is 4.79 Å². The van der Waals surface area contributed by atoms with Crippen LogP contribution in [-0.4, -0.2) is 31.7 Å². The fraction of sp³-hybridized carbons (Fsp3) is 0.208. The van der Waals surface area contributed by atoms with E-state index in [-0.39, 0.29) is 17.3 Å². The van der Waals surface area contributed by atoms with Gasteiger partial charge in [0.15, 0.2) is 0 Å². The maximum absolute atomic E-state index is 13.1. The van der Waals surface area contributed by atoms with Crippen molar-refractivity contribution in [3.05, 3.63) is 83.9 Å². The van der Waals surface area contributed by atoms with Crippen molar-refractivity contribution in [3.63, 3.8) is 0 Å². The molecule has 0 saturated carbocycles. The van der Waals surface area contributed by atoms with E-state index in [1.54, 1.807) is 12.1 Å². The molecule has 1 heterocycles. The molecule has 160 valence electrons. The summed E-state index contributed by atoms with van der Waals surface area (Å²) in [5, 5.41) is 3.50. The van der Waals surface area contributed by atoms with E-state index >= 15 is 0 Å². The highest BCUT2D eigenvalue weighted by atomic mass is 35.5. The molecule has 0 bridgehead atoms. The molecule has 3 aromatic rings. The van der Waals surface area contributed by atoms with E-state index in [0.717, 1.165) is 16.8 Å². The zero-order valence-electron chi connectivity index (χ0n) is 16.9. The third kappa shape index (κ3) is 4.82. The summed E-state index contributed by atoms with van der Waals surface area (Å²) >= 11 is 5.88. The third-order valence-corrected chi connectivity index (χ3v) is 7.61. The molecule has 5 nitrogen and oxygen atoms in total. The summed E-state index contributed by atoms with van der Waals surface area (Å²) in [7, 11) is -3.67. The van der Waals surface area contributed by atoms with Gasteiger partial charge in [-0.05, 0) is 48.7 Å². The number of hydrogen-bond acceptors (Lipinski definition) is 3. The predicted octanol–water partition coefficient (Wildman–Crippen LogP) is 5.05. The number of para-hydroxylation sites is 1. The highest BCUT2D eigenvalue weighted by molar-refractivity contribution is 7.89. The van der Waals surface area contributed by atoms with Gasteiger partial charge in [-0.2, -0.15) is 4.31 Å². The molecular weight excluding hydrogens is 432 g/mol. The van der Waals surface area contributed by atoms with Crippen molar-refractivity contribution < 1.29 is 13.2 Å². The molecule has 0 aromatic heterocycles. The van der Waals surface area contributed by atoms with Crippen molar-refractivity contribution in [3.8, 4) is 11.1 Å². The minimum Gasteiger partial charge on any atom is -0.325 e. The van der Waals surface area contributed by atoms with E-state index in [2.05, 4.69) is 5.32 Å². The summed E-state index contributed by atoms with van der Waals surface area (Å²) in [5.74, 6) is -0.584. The number of carbonyl (C=O) groups excluding carboxylic acids is 1. The van der Waals surface area contributed by atoms with Crippen LogP contribution in [0.2, 0.25) is 5.02 Å². The van der Waals surface area contributed by atoms with Crippen molar-refractivity contribution in [1.29, 1.82) is 0 Å². The summed E-state index contributed by atoms with van der Waals surface area (Å²) in [6.45, 7) is 0.555. The first-order chi connectivity index (χ1) is 14.9. The largest absolute Gasteiger partial charge is 0.325 e. The van der Waals surface area contributed by atoms with Gasteiger partial charge < -0.3 is 5.32 Å². The first-order valence-corrected chi connectivity index (χ1v) is 12.0. The van der Waals surface area contributed by atoms with Crippen molar-refractivity contribution >= 4 is 33.2 Å². The van der Waals surface area contributed by atoms with Gasteiger partial charge in [0.05, 0.1) is 10.8 Å². The van der Waals surface area contributed by atoms with Gasteiger partial charge in [0.1, 0.15) is 0 Å². The van der Waals surface area contributed by atoms with Gasteiger partial charge in [0.25, 0.3) is 0 Å². The Kier molecular flexibility index (Phi) is 6.41. The summed E-state index contributed by atoms with van der Waals surface area (Å²) in [4.78, 5) is 13.2. The number of carbonyl (C=O) groups is 1. The molecule has 1 atom stereocenters. The second-order valence-corrected chi connectivity index (χ2v) is 9.93. The third-order valence-electron chi connectivity index (χ3n) is 5.48. The van der Waals surface area contributed by atoms with Crippen LogP contribution < -0.4 is 5.32 Å². The first-order valence-electron chi connectivity index (χ1n) is 10.2. The smallest absolute Gasteiger partial charge is 0.243 e. The van der Waals surface area contributed by atoms with Gasteiger partial charge in [-0.1, -0.05) is 60.1 Å². The van der Waals surface area contributed by atoms with Crippen molar-refractivity contribution in [2.45, 2.75) is 17.7 Å². The Hall–Kier alpha value is -2.67. The molecule has 0 spiro atoms. The average Bonchev–Trinajstić information content (AvgIpc) is 2.80. The normalized spacial score (nSPS) is 17.3. The minimum atomic E-state index is -3.67. The van der Waals surface area contributed by atoms with Crippen LogP contribution in [-0.2, 0) is 14.8 Å². The molecule has 1 saturated heterocycles. The number of halogens is 1. The maximum Gasteiger partial charge on any atom is 0.243 e. The van der Waals surface area contributed by atoms with Crippen molar-refractivity contribution in [2.75, 3.05) is 18.4 Å². The molecule has 1 aliphatic rings. The topological polar surface area (TPSA) is 66.5 Å². The Bertz CT molecular complexity index is 1160. The Morgan fingerprint density at radius 1 is 0.935 bits per heavy atom. The number of benzene rings is 3. The Balaban J connectivity index is 1.51. The number of nitrogens with one attached hydrogen (secondary N) is 1. The van der Waals surface area contributed by atoms with E-state index < -0.39 is 15.9 Å². The Labute approximate surface area is 187 Å². The highest BCUT2D eigenvalue weighted by Crippen LogP contribution is 2.30. The van der Waals surface area contributed by atoms with Crippen LogP contribution in [0.5, 0.6) is 0 Å². The van der Waals surface area contributed by atoms with E-state index in [4.69, 9.17) is 11.6 Å². The number of nitrogens with zero attached hydrogens (tertiary/aromatic N) is 1. The van der Waals surface area contributed by atoms with E-state index in [9.17, 15) is 13.2 Å². The van der Waals surface area contributed by atoms with E-state index in [0.29, 0.717) is 24.4 Å². The van der Waals surface area contributed by atoms with Gasteiger partial charge in [0, 0.05) is 29.4 Å². The molecule has 4 rings (SSSR count). The summed E-state index contributed by atoms with van der Waals surface area (Å²) in [5.41, 5.74) is 2.66. The van der Waals surface area contributed by atoms with Crippen LogP contribution in [0.4, 0.5) is 5.69 Å². The molecule has 1 amide bonds. The second kappa shape index (κ2) is 9.22. The standard InChI is InChI=1S/C24H23ClN2O3S/c25-20-12-14-21(15-13-20)31(29,30)27-16-6-9-19(17-27)24(28)26-23-11-5-4-10-22(23)18-7-2-1-3-8-18/h1-5,7-8,10-15,19H,6,9,16-17H2,(H,26,28)/t19-/m0/s1. The molecule has 1 aliphatic heterocycles. The van der Waals surface area contributed by atoms with Gasteiger partial charge in [-0.25, -0.2) is 8.42 Å². The maximum atomic E-state index is 13.1. The minimum absolute atomic E-state index is 0.157. The second-order valence-electron chi connectivity index (χ2n) is 7.56. The lowest BCUT2D eigenvalue weighted by atomic mass is 9.98. The number of hydrogen-bond donors (Lipinski definition) is 1. The number of amides is 1. The molecular formula is C24H23ClN2O3S. The van der Waals surface area contributed by atoms with Crippen LogP contribution in [0.15, 0.2) is 83.8 Å². The van der Waals surface area contributed by atoms with Crippen LogP contribution in [0, 0.1) is 5.92 Å². The van der Waals surface area contributed by atoms with Crippen molar-refractivity contribution in [2.24, 2.45) is 5.92 Å². The lowest BCUT2D eigenvalue weighted by molar-refractivity contribution is -0.120. The molecule has 1 N–H and O–H groups in total. The molecule has 3 aromatic carbocycles. The van der Waals surface area contributed by atoms with E-state index in [1.165, 1.54) is 16.4 Å². The number of piperidine rings is 1. The molecule has 7 heteroatoms. The molecule has 0 aliphatic carbocycles. The lowest BCUT2D eigenvalue weighted by Gasteiger charge is -2.31. The number of sulfonamides is 1. The SMILES string of the molecule is O=C(Nc1ccccc1-c1ccccc1)[C@H]1CCCN(S(=O)(=O)c2ccc(Cl)cc2)C1. The summed E-state index contributed by atoms with van der Waals surface area (Å²) in [6, 6.07) is 23.6. The molecule has 0 radical (unpaired) electrons. The molecule has 31 heavy (non-hydrogen) atoms. The van der Waals surface area contributed by atoms with Crippen LogP contribution in [0.3, 0.4) is 0 Å². The summed E-state index contributed by atoms with van der Waals surface area (Å²) < 4.78 is 27.4. The monoisotopic (exact) mass is 454 g/mol. The highest BCUT2D eigenvalue weighted by Gasteiger charge is 2.33. The molecule has 1 fully saturated rings. The summed E-state index contributed by atoms with van der Waals surface area (Å²) in [6.07, 6.45) is 1.28. The quantitative estimate of drug-likeness (QED) is 0.586. The molecule has 0 unspecified atom stereocenters. The zero-order valence-corrected chi connectivity index (χ0v) is 18.4. The zero-order chi connectivity index (χ0) is 21.8. The first kappa shape index (κ1) is 21.6. The van der Waals surface area contributed by atoms with Crippen LogP contribution >= 0.6 is 11.6 Å². The Morgan fingerprint density at radius 3 is 2.35 bits per heavy atom. The van der Waals surface area contributed by atoms with Gasteiger partial charge in [-0.15, -0.1) is 0 Å². The van der Waals surface area contributed by atoms with Gasteiger partial charge in [0.2, 0.25) is 15.9 Å². The fourth-order valence-electron chi connectivity index (χ4n) is 3.83. The Morgan fingerprint density at radius 2 is 1.61 bits per heavy atom. The predicted molar refractivity (Wildman–Crippen MR) is 123 cm³/mol.